The summed E-state index contributed by atoms with van der Waals surface area (Å²) in [5.74, 6) is -0.0626. The Bertz CT molecular complexity index is 399. The van der Waals surface area contributed by atoms with Gasteiger partial charge in [-0.1, -0.05) is 20.8 Å². The van der Waals surface area contributed by atoms with E-state index in [0.29, 0.717) is 5.56 Å². The van der Waals surface area contributed by atoms with Crippen LogP contribution in [0.4, 0.5) is 0 Å². The summed E-state index contributed by atoms with van der Waals surface area (Å²) in [5.41, 5.74) is 0.575. The van der Waals surface area contributed by atoms with Crippen LogP contribution in [0.1, 0.15) is 51.4 Å². The maximum absolute atomic E-state index is 12.0. The monoisotopic (exact) mass is 237 g/mol. The molecule has 1 amide bonds. The van der Waals surface area contributed by atoms with Gasteiger partial charge in [-0.3, -0.25) is 9.48 Å². The molecule has 0 aliphatic carbocycles. The standard InChI is InChI=1S/C13H23N3O/c1-12(2,3)9-13(4,5)15-11(17)10-7-14-16(6)8-10/h7-8H,9H2,1-6H3,(H,15,17). The highest BCUT2D eigenvalue weighted by Gasteiger charge is 2.27. The average molecular weight is 237 g/mol. The molecule has 0 saturated carbocycles. The van der Waals surface area contributed by atoms with E-state index in [4.69, 9.17) is 0 Å². The lowest BCUT2D eigenvalue weighted by molar-refractivity contribution is 0.0891. The van der Waals surface area contributed by atoms with Gasteiger partial charge in [-0.15, -0.1) is 0 Å². The van der Waals surface area contributed by atoms with Gasteiger partial charge < -0.3 is 5.32 Å². The number of nitrogens with zero attached hydrogens (tertiary/aromatic N) is 2. The molecule has 17 heavy (non-hydrogen) atoms. The number of carbonyl (C=O) groups is 1. The fourth-order valence-electron chi connectivity index (χ4n) is 2.29. The van der Waals surface area contributed by atoms with Gasteiger partial charge in [0.25, 0.3) is 5.91 Å². The van der Waals surface area contributed by atoms with Gasteiger partial charge in [0.05, 0.1) is 11.8 Å². The van der Waals surface area contributed by atoms with E-state index in [1.807, 2.05) is 13.8 Å². The van der Waals surface area contributed by atoms with Crippen LogP contribution in [0.2, 0.25) is 0 Å². The van der Waals surface area contributed by atoms with Crippen LogP contribution in [0.3, 0.4) is 0 Å². The number of amides is 1. The van der Waals surface area contributed by atoms with Crippen LogP contribution < -0.4 is 5.32 Å². The third kappa shape index (κ3) is 4.59. The first-order valence-corrected chi connectivity index (χ1v) is 5.90. The molecule has 4 heteroatoms. The van der Waals surface area contributed by atoms with Crippen molar-refractivity contribution < 1.29 is 4.79 Å². The van der Waals surface area contributed by atoms with E-state index in [1.165, 1.54) is 0 Å². The second-order valence-electron chi connectivity index (χ2n) is 6.48. The van der Waals surface area contributed by atoms with Gasteiger partial charge >= 0.3 is 0 Å². The van der Waals surface area contributed by atoms with Crippen molar-refractivity contribution in [3.63, 3.8) is 0 Å². The van der Waals surface area contributed by atoms with E-state index >= 15 is 0 Å². The van der Waals surface area contributed by atoms with Gasteiger partial charge in [-0.2, -0.15) is 5.10 Å². The van der Waals surface area contributed by atoms with E-state index in [2.05, 4.69) is 31.2 Å². The molecule has 0 aliphatic heterocycles. The SMILES string of the molecule is Cn1cc(C(=O)NC(C)(C)CC(C)(C)C)cn1. The highest BCUT2D eigenvalue weighted by molar-refractivity contribution is 5.94. The normalized spacial score (nSPS) is 12.6. The molecule has 1 aromatic rings. The van der Waals surface area contributed by atoms with E-state index in [1.54, 1.807) is 24.1 Å². The van der Waals surface area contributed by atoms with Gasteiger partial charge in [-0.25, -0.2) is 0 Å². The van der Waals surface area contributed by atoms with Crippen molar-refractivity contribution in [2.45, 2.75) is 46.6 Å². The third-order valence-electron chi connectivity index (χ3n) is 2.39. The predicted molar refractivity (Wildman–Crippen MR) is 68.8 cm³/mol. The van der Waals surface area contributed by atoms with E-state index in [0.717, 1.165) is 6.42 Å². The number of nitrogens with one attached hydrogen (secondary N) is 1. The Kier molecular flexibility index (Phi) is 3.65. The molecular weight excluding hydrogens is 214 g/mol. The molecule has 96 valence electrons. The Morgan fingerprint density at radius 3 is 2.35 bits per heavy atom. The Morgan fingerprint density at radius 2 is 1.94 bits per heavy atom. The first kappa shape index (κ1) is 13.7. The molecule has 0 saturated heterocycles. The van der Waals surface area contributed by atoms with Crippen LogP contribution in [0.25, 0.3) is 0 Å². The van der Waals surface area contributed by atoms with Crippen molar-refractivity contribution in [1.29, 1.82) is 0 Å². The summed E-state index contributed by atoms with van der Waals surface area (Å²) in [7, 11) is 1.80. The zero-order chi connectivity index (χ0) is 13.3. The Labute approximate surface area is 103 Å². The molecule has 1 aromatic heterocycles. The topological polar surface area (TPSA) is 46.9 Å². The molecule has 0 radical (unpaired) electrons. The average Bonchev–Trinajstić information content (AvgIpc) is 2.45. The molecular formula is C13H23N3O. The fraction of sp³-hybridized carbons (Fsp3) is 0.692. The lowest BCUT2D eigenvalue weighted by Gasteiger charge is -2.33. The predicted octanol–water partition coefficient (Wildman–Crippen LogP) is 2.36. The summed E-state index contributed by atoms with van der Waals surface area (Å²) in [6.45, 7) is 10.6. The van der Waals surface area contributed by atoms with Crippen molar-refractivity contribution in [2.24, 2.45) is 12.5 Å². The van der Waals surface area contributed by atoms with Crippen LogP contribution in [0.15, 0.2) is 12.4 Å². The van der Waals surface area contributed by atoms with Gasteiger partial charge in [0, 0.05) is 18.8 Å². The second kappa shape index (κ2) is 4.51. The Balaban J connectivity index is 2.68. The maximum atomic E-state index is 12.0. The summed E-state index contributed by atoms with van der Waals surface area (Å²) in [6, 6.07) is 0. The van der Waals surface area contributed by atoms with Gasteiger partial charge in [0.2, 0.25) is 0 Å². The molecule has 0 aliphatic rings. The van der Waals surface area contributed by atoms with Gasteiger partial charge in [0.1, 0.15) is 0 Å². The Morgan fingerprint density at radius 1 is 1.35 bits per heavy atom. The van der Waals surface area contributed by atoms with Crippen LogP contribution in [0, 0.1) is 5.41 Å². The van der Waals surface area contributed by atoms with E-state index in [9.17, 15) is 4.79 Å². The van der Waals surface area contributed by atoms with Crippen LogP contribution >= 0.6 is 0 Å². The van der Waals surface area contributed by atoms with Crippen LogP contribution in [-0.4, -0.2) is 21.2 Å². The number of hydrogen-bond acceptors (Lipinski definition) is 2. The molecule has 0 atom stereocenters. The number of hydrogen-bond donors (Lipinski definition) is 1. The maximum Gasteiger partial charge on any atom is 0.254 e. The molecule has 1 heterocycles. The summed E-state index contributed by atoms with van der Waals surface area (Å²) in [6.07, 6.45) is 4.23. The van der Waals surface area contributed by atoms with Gasteiger partial charge in [0.15, 0.2) is 0 Å². The molecule has 1 rings (SSSR count). The molecule has 0 unspecified atom stereocenters. The third-order valence-corrected chi connectivity index (χ3v) is 2.39. The summed E-state index contributed by atoms with van der Waals surface area (Å²) in [4.78, 5) is 12.0. The summed E-state index contributed by atoms with van der Waals surface area (Å²) in [5, 5.41) is 7.05. The van der Waals surface area contributed by atoms with Gasteiger partial charge in [-0.05, 0) is 25.7 Å². The quantitative estimate of drug-likeness (QED) is 0.877. The molecule has 0 aromatic carbocycles. The Hall–Kier alpha value is -1.32. The minimum absolute atomic E-state index is 0.0626. The second-order valence-corrected chi connectivity index (χ2v) is 6.48. The number of aromatic nitrogens is 2. The summed E-state index contributed by atoms with van der Waals surface area (Å²) < 4.78 is 1.63. The molecule has 1 N–H and O–H groups in total. The lowest BCUT2D eigenvalue weighted by Crippen LogP contribution is -2.45. The zero-order valence-electron chi connectivity index (χ0n) is 11.7. The van der Waals surface area contributed by atoms with Crippen molar-refractivity contribution in [3.05, 3.63) is 18.0 Å². The van der Waals surface area contributed by atoms with E-state index in [-0.39, 0.29) is 16.9 Å². The number of rotatable bonds is 3. The minimum Gasteiger partial charge on any atom is -0.347 e. The van der Waals surface area contributed by atoms with Crippen molar-refractivity contribution in [3.8, 4) is 0 Å². The van der Waals surface area contributed by atoms with Crippen molar-refractivity contribution >= 4 is 5.91 Å². The molecule has 0 spiro atoms. The van der Waals surface area contributed by atoms with Crippen molar-refractivity contribution in [2.75, 3.05) is 0 Å². The highest BCUT2D eigenvalue weighted by Crippen LogP contribution is 2.26. The minimum atomic E-state index is -0.217. The summed E-state index contributed by atoms with van der Waals surface area (Å²) >= 11 is 0. The number of carbonyl (C=O) groups excluding carboxylic acids is 1. The van der Waals surface area contributed by atoms with E-state index < -0.39 is 0 Å². The van der Waals surface area contributed by atoms with Crippen molar-refractivity contribution in [1.82, 2.24) is 15.1 Å². The molecule has 0 fully saturated rings. The lowest BCUT2D eigenvalue weighted by atomic mass is 9.81. The molecule has 0 bridgehead atoms. The highest BCUT2D eigenvalue weighted by atomic mass is 16.1. The molecule has 4 nitrogen and oxygen atoms in total. The largest absolute Gasteiger partial charge is 0.347 e. The first-order valence-electron chi connectivity index (χ1n) is 5.90. The fourth-order valence-corrected chi connectivity index (χ4v) is 2.29. The first-order chi connectivity index (χ1) is 7.59. The van der Waals surface area contributed by atoms with Crippen LogP contribution in [0.5, 0.6) is 0 Å². The van der Waals surface area contributed by atoms with Crippen LogP contribution in [-0.2, 0) is 7.05 Å². The zero-order valence-corrected chi connectivity index (χ0v) is 11.7. The number of aryl methyl sites for hydroxylation is 1. The smallest absolute Gasteiger partial charge is 0.254 e.